The van der Waals surface area contributed by atoms with Gasteiger partial charge in [-0.25, -0.2) is 0 Å². The Kier molecular flexibility index (Phi) is 1.49. The van der Waals surface area contributed by atoms with Crippen LogP contribution in [0, 0.1) is 3.70 Å². The second-order valence-electron chi connectivity index (χ2n) is 2.31. The molecule has 0 aliphatic rings. The van der Waals surface area contributed by atoms with Crippen molar-refractivity contribution in [1.82, 2.24) is 9.97 Å². The van der Waals surface area contributed by atoms with Crippen LogP contribution in [0.2, 0.25) is 0 Å². The van der Waals surface area contributed by atoms with Crippen LogP contribution in [0.1, 0.15) is 0 Å². The molecule has 2 heterocycles. The fraction of sp³-hybridized carbons (Fsp3) is 0. The number of nitrogens with zero attached hydrogens (tertiary/aromatic N) is 1. The van der Waals surface area contributed by atoms with Crippen LogP contribution in [0.4, 0.5) is 5.69 Å². The van der Waals surface area contributed by atoms with Crippen LogP contribution in [-0.4, -0.2) is 9.97 Å². The lowest BCUT2D eigenvalue weighted by Gasteiger charge is -1.91. The molecule has 0 fully saturated rings. The largest absolute Gasteiger partial charge is 0.397 e. The Hall–Kier alpha value is -0.780. The molecule has 0 saturated carbocycles. The monoisotopic (exact) mass is 259 g/mol. The molecule has 2 rings (SSSR count). The van der Waals surface area contributed by atoms with Gasteiger partial charge in [0.2, 0.25) is 0 Å². The summed E-state index contributed by atoms with van der Waals surface area (Å²) in [6.07, 6.45) is 3.43. The predicted molar refractivity (Wildman–Crippen MR) is 53.2 cm³/mol. The van der Waals surface area contributed by atoms with E-state index >= 15 is 0 Å². The zero-order chi connectivity index (χ0) is 7.84. The van der Waals surface area contributed by atoms with Crippen molar-refractivity contribution >= 4 is 39.2 Å². The lowest BCUT2D eigenvalue weighted by molar-refractivity contribution is 1.33. The van der Waals surface area contributed by atoms with E-state index in [0.717, 1.165) is 20.3 Å². The predicted octanol–water partition coefficient (Wildman–Crippen LogP) is 1.75. The van der Waals surface area contributed by atoms with Crippen LogP contribution < -0.4 is 5.73 Å². The number of halogens is 1. The third-order valence-electron chi connectivity index (χ3n) is 1.54. The highest BCUT2D eigenvalue weighted by Crippen LogP contribution is 2.20. The molecular weight excluding hydrogens is 253 g/mol. The molecule has 3 nitrogen and oxygen atoms in total. The first kappa shape index (κ1) is 6.90. The van der Waals surface area contributed by atoms with Gasteiger partial charge in [-0.2, -0.15) is 0 Å². The summed E-state index contributed by atoms with van der Waals surface area (Å²) >= 11 is 2.21. The second-order valence-corrected chi connectivity index (χ2v) is 3.47. The first-order valence-electron chi connectivity index (χ1n) is 3.15. The number of H-pyrrole nitrogens is 1. The number of rotatable bonds is 0. The molecule has 0 bridgehead atoms. The Bertz CT molecular complexity index is 393. The van der Waals surface area contributed by atoms with Gasteiger partial charge in [0.05, 0.1) is 27.3 Å². The maximum absolute atomic E-state index is 5.68. The highest BCUT2D eigenvalue weighted by Gasteiger charge is 2.00. The maximum Gasteiger partial charge on any atom is 0.0784 e. The second kappa shape index (κ2) is 2.37. The van der Waals surface area contributed by atoms with E-state index in [1.165, 1.54) is 0 Å². The van der Waals surface area contributed by atoms with Gasteiger partial charge < -0.3 is 10.7 Å². The van der Waals surface area contributed by atoms with Gasteiger partial charge in [-0.15, -0.1) is 0 Å². The van der Waals surface area contributed by atoms with Crippen molar-refractivity contribution in [2.24, 2.45) is 0 Å². The number of fused-ring (bicyclic) bond motifs is 1. The number of nitrogens with two attached hydrogens (primary N) is 1. The molecule has 0 aliphatic heterocycles. The van der Waals surface area contributed by atoms with Crippen LogP contribution in [0.5, 0.6) is 0 Å². The first-order valence-corrected chi connectivity index (χ1v) is 4.23. The summed E-state index contributed by atoms with van der Waals surface area (Å²) in [5, 5.41) is 1.05. The third kappa shape index (κ3) is 1.07. The highest BCUT2D eigenvalue weighted by molar-refractivity contribution is 14.1. The van der Waals surface area contributed by atoms with Gasteiger partial charge in [0.25, 0.3) is 0 Å². The van der Waals surface area contributed by atoms with Gasteiger partial charge in [-0.1, -0.05) is 0 Å². The Balaban J connectivity index is 2.90. The molecule has 0 saturated heterocycles. The molecule has 4 heteroatoms. The molecule has 3 N–H and O–H groups in total. The van der Waals surface area contributed by atoms with Crippen LogP contribution in [0.15, 0.2) is 18.5 Å². The Morgan fingerprint density at radius 1 is 1.45 bits per heavy atom. The minimum absolute atomic E-state index is 0.724. The highest BCUT2D eigenvalue weighted by atomic mass is 127. The van der Waals surface area contributed by atoms with Crippen molar-refractivity contribution in [1.29, 1.82) is 0 Å². The average molecular weight is 259 g/mol. The molecule has 2 aromatic heterocycles. The van der Waals surface area contributed by atoms with Crippen molar-refractivity contribution in [2.75, 3.05) is 5.73 Å². The third-order valence-corrected chi connectivity index (χ3v) is 2.12. The summed E-state index contributed by atoms with van der Waals surface area (Å²) in [6, 6.07) is 2.01. The zero-order valence-corrected chi connectivity index (χ0v) is 7.79. The summed E-state index contributed by atoms with van der Waals surface area (Å²) in [5.74, 6) is 0. The number of anilines is 1. The van der Waals surface area contributed by atoms with Crippen molar-refractivity contribution in [3.8, 4) is 0 Å². The quantitative estimate of drug-likeness (QED) is 0.708. The number of aromatic amines is 1. The lowest BCUT2D eigenvalue weighted by Crippen LogP contribution is -1.85. The summed E-state index contributed by atoms with van der Waals surface area (Å²) in [6.45, 7) is 0. The molecule has 0 amide bonds. The Morgan fingerprint density at radius 3 is 3.00 bits per heavy atom. The topological polar surface area (TPSA) is 54.7 Å². The van der Waals surface area contributed by atoms with Gasteiger partial charge >= 0.3 is 0 Å². The van der Waals surface area contributed by atoms with Crippen molar-refractivity contribution in [2.45, 2.75) is 0 Å². The van der Waals surface area contributed by atoms with Crippen molar-refractivity contribution < 1.29 is 0 Å². The first-order chi connectivity index (χ1) is 5.27. The molecule has 0 aromatic carbocycles. The van der Waals surface area contributed by atoms with Gasteiger partial charge in [-0.3, -0.25) is 4.98 Å². The number of pyridine rings is 1. The summed E-state index contributed by atoms with van der Waals surface area (Å²) in [7, 11) is 0. The minimum atomic E-state index is 0.724. The summed E-state index contributed by atoms with van der Waals surface area (Å²) < 4.78 is 1.08. The standard InChI is InChI=1S/C7H6IN3/c8-7-1-4-5(9)2-10-3-6(4)11-7/h1-3,11H,9H2. The minimum Gasteiger partial charge on any atom is -0.397 e. The molecule has 2 aromatic rings. The number of hydrogen-bond acceptors (Lipinski definition) is 2. The van der Waals surface area contributed by atoms with Gasteiger partial charge in [0, 0.05) is 5.39 Å². The van der Waals surface area contributed by atoms with E-state index in [-0.39, 0.29) is 0 Å². The molecule has 0 radical (unpaired) electrons. The molecule has 56 valence electrons. The lowest BCUT2D eigenvalue weighted by atomic mass is 10.3. The Morgan fingerprint density at radius 2 is 2.27 bits per heavy atom. The summed E-state index contributed by atoms with van der Waals surface area (Å²) in [4.78, 5) is 7.11. The number of hydrogen-bond donors (Lipinski definition) is 2. The van der Waals surface area contributed by atoms with Gasteiger partial charge in [0.1, 0.15) is 0 Å². The smallest absolute Gasteiger partial charge is 0.0784 e. The maximum atomic E-state index is 5.68. The van der Waals surface area contributed by atoms with E-state index in [1.807, 2.05) is 6.07 Å². The zero-order valence-electron chi connectivity index (χ0n) is 5.63. The van der Waals surface area contributed by atoms with E-state index in [9.17, 15) is 0 Å². The molecule has 0 atom stereocenters. The normalized spacial score (nSPS) is 10.6. The molecule has 0 aliphatic carbocycles. The van der Waals surface area contributed by atoms with E-state index in [4.69, 9.17) is 5.73 Å². The van der Waals surface area contributed by atoms with Crippen LogP contribution >= 0.6 is 22.6 Å². The fourth-order valence-electron chi connectivity index (χ4n) is 1.04. The SMILES string of the molecule is Nc1cncc2[nH]c(I)cc12. The molecule has 0 spiro atoms. The Labute approximate surface area is 77.1 Å². The van der Waals surface area contributed by atoms with E-state index < -0.39 is 0 Å². The number of nitrogens with one attached hydrogen (secondary N) is 1. The van der Waals surface area contributed by atoms with Gasteiger partial charge in [-0.05, 0) is 28.7 Å². The van der Waals surface area contributed by atoms with E-state index in [1.54, 1.807) is 12.4 Å². The molecule has 11 heavy (non-hydrogen) atoms. The van der Waals surface area contributed by atoms with E-state index in [2.05, 4.69) is 32.6 Å². The van der Waals surface area contributed by atoms with Gasteiger partial charge in [0.15, 0.2) is 0 Å². The molecule has 0 unspecified atom stereocenters. The van der Waals surface area contributed by atoms with Crippen molar-refractivity contribution in [3.05, 3.63) is 22.2 Å². The average Bonchev–Trinajstić information content (AvgIpc) is 2.31. The number of nitrogen functional groups attached to an aromatic ring is 1. The van der Waals surface area contributed by atoms with E-state index in [0.29, 0.717) is 0 Å². The number of aromatic nitrogens is 2. The van der Waals surface area contributed by atoms with Crippen molar-refractivity contribution in [3.63, 3.8) is 0 Å². The summed E-state index contributed by atoms with van der Waals surface area (Å²) in [5.41, 5.74) is 7.40. The fourth-order valence-corrected chi connectivity index (χ4v) is 1.64. The van der Waals surface area contributed by atoms with Crippen LogP contribution in [0.25, 0.3) is 10.9 Å². The molecular formula is C7H6IN3. The van der Waals surface area contributed by atoms with Crippen LogP contribution in [-0.2, 0) is 0 Å². The van der Waals surface area contributed by atoms with Crippen LogP contribution in [0.3, 0.4) is 0 Å².